The Bertz CT molecular complexity index is 656. The molecule has 19 heavy (non-hydrogen) atoms. The molecule has 1 amide bonds. The fourth-order valence-electron chi connectivity index (χ4n) is 1.81. The number of carbonyl (C=O) groups excluding carboxylic acids is 1. The summed E-state index contributed by atoms with van der Waals surface area (Å²) in [5.41, 5.74) is 0.758. The fraction of sp³-hybridized carbons (Fsp3) is 0.273. The van der Waals surface area contributed by atoms with Crippen LogP contribution in [-0.2, 0) is 11.2 Å². The van der Waals surface area contributed by atoms with E-state index in [0.29, 0.717) is 5.82 Å². The van der Waals surface area contributed by atoms with Crippen molar-refractivity contribution in [2.75, 3.05) is 0 Å². The van der Waals surface area contributed by atoms with Crippen molar-refractivity contribution in [2.45, 2.75) is 19.4 Å². The summed E-state index contributed by atoms with van der Waals surface area (Å²) in [6.07, 6.45) is 5.46. The van der Waals surface area contributed by atoms with Crippen LogP contribution in [0.25, 0.3) is 4.96 Å². The van der Waals surface area contributed by atoms with Gasteiger partial charge in [-0.1, -0.05) is 0 Å². The molecule has 0 aliphatic rings. The van der Waals surface area contributed by atoms with Crippen molar-refractivity contribution in [3.8, 4) is 0 Å². The van der Waals surface area contributed by atoms with Crippen LogP contribution >= 0.6 is 11.3 Å². The van der Waals surface area contributed by atoms with E-state index in [1.54, 1.807) is 11.3 Å². The third-order valence-electron chi connectivity index (χ3n) is 2.71. The Morgan fingerprint density at radius 3 is 3.26 bits per heavy atom. The summed E-state index contributed by atoms with van der Waals surface area (Å²) in [6.45, 7) is 1.85. The predicted molar refractivity (Wildman–Crippen MR) is 69.7 cm³/mol. The molecule has 0 fully saturated rings. The standard InChI is InChI=1S/C11H12N6OS/c1-7(10-12-6-13-16-10)14-9(18)4-8-5-17-2-3-19-11(17)15-8/h2-3,5-7H,4H2,1H3,(H,14,18)(H,12,13,16). The zero-order valence-electron chi connectivity index (χ0n) is 10.2. The van der Waals surface area contributed by atoms with E-state index >= 15 is 0 Å². The zero-order valence-corrected chi connectivity index (χ0v) is 11.0. The Hall–Kier alpha value is -2.22. The van der Waals surface area contributed by atoms with Crippen LogP contribution in [0.3, 0.4) is 0 Å². The molecule has 2 N–H and O–H groups in total. The van der Waals surface area contributed by atoms with E-state index in [1.165, 1.54) is 6.33 Å². The van der Waals surface area contributed by atoms with Crippen molar-refractivity contribution < 1.29 is 4.79 Å². The zero-order chi connectivity index (χ0) is 13.2. The number of rotatable bonds is 4. The Morgan fingerprint density at radius 1 is 1.63 bits per heavy atom. The SMILES string of the molecule is CC(NC(=O)Cc1cn2ccsc2n1)c1ncn[nH]1. The molecular weight excluding hydrogens is 264 g/mol. The van der Waals surface area contributed by atoms with E-state index in [2.05, 4.69) is 25.5 Å². The van der Waals surface area contributed by atoms with Gasteiger partial charge in [-0.25, -0.2) is 9.97 Å². The maximum absolute atomic E-state index is 11.9. The summed E-state index contributed by atoms with van der Waals surface area (Å²) in [7, 11) is 0. The number of hydrogen-bond acceptors (Lipinski definition) is 5. The number of imidazole rings is 1. The first kappa shape index (κ1) is 11.8. The minimum Gasteiger partial charge on any atom is -0.346 e. The van der Waals surface area contributed by atoms with Crippen LogP contribution < -0.4 is 5.32 Å². The Labute approximate surface area is 112 Å². The number of thiazole rings is 1. The fourth-order valence-corrected chi connectivity index (χ4v) is 2.53. The minimum atomic E-state index is -0.196. The molecule has 1 unspecified atom stereocenters. The van der Waals surface area contributed by atoms with Gasteiger partial charge in [0.25, 0.3) is 0 Å². The number of aromatic amines is 1. The van der Waals surface area contributed by atoms with E-state index in [0.717, 1.165) is 10.7 Å². The maximum Gasteiger partial charge on any atom is 0.226 e. The van der Waals surface area contributed by atoms with Gasteiger partial charge in [-0.3, -0.25) is 14.3 Å². The molecule has 3 rings (SSSR count). The molecule has 7 nitrogen and oxygen atoms in total. The highest BCUT2D eigenvalue weighted by Crippen LogP contribution is 2.12. The molecule has 3 aromatic heterocycles. The van der Waals surface area contributed by atoms with Gasteiger partial charge in [0.1, 0.15) is 12.2 Å². The molecule has 0 aliphatic carbocycles. The third kappa shape index (κ3) is 2.48. The lowest BCUT2D eigenvalue weighted by molar-refractivity contribution is -0.121. The van der Waals surface area contributed by atoms with E-state index in [-0.39, 0.29) is 18.4 Å². The van der Waals surface area contributed by atoms with Crippen LogP contribution in [0.4, 0.5) is 0 Å². The Kier molecular flexibility index (Phi) is 3.00. The van der Waals surface area contributed by atoms with Crippen LogP contribution in [0.1, 0.15) is 24.5 Å². The van der Waals surface area contributed by atoms with Crippen LogP contribution in [0.2, 0.25) is 0 Å². The number of hydrogen-bond donors (Lipinski definition) is 2. The van der Waals surface area contributed by atoms with Crippen molar-refractivity contribution in [3.63, 3.8) is 0 Å². The summed E-state index contributed by atoms with van der Waals surface area (Å²) in [5, 5.41) is 11.3. The molecule has 0 aliphatic heterocycles. The number of nitrogens with one attached hydrogen (secondary N) is 2. The lowest BCUT2D eigenvalue weighted by Crippen LogP contribution is -2.28. The van der Waals surface area contributed by atoms with Gasteiger partial charge in [-0.2, -0.15) is 5.10 Å². The lowest BCUT2D eigenvalue weighted by Gasteiger charge is -2.09. The largest absolute Gasteiger partial charge is 0.346 e. The van der Waals surface area contributed by atoms with Crippen LogP contribution in [0.15, 0.2) is 24.1 Å². The molecule has 0 spiro atoms. The molecule has 3 heterocycles. The topological polar surface area (TPSA) is 88.0 Å². The third-order valence-corrected chi connectivity index (χ3v) is 3.48. The summed E-state index contributed by atoms with van der Waals surface area (Å²) in [4.78, 5) is 21.2. The average molecular weight is 276 g/mol. The Balaban J connectivity index is 1.63. The normalized spacial score (nSPS) is 12.7. The van der Waals surface area contributed by atoms with Gasteiger partial charge in [-0.05, 0) is 6.92 Å². The van der Waals surface area contributed by atoms with E-state index in [1.807, 2.05) is 29.1 Å². The van der Waals surface area contributed by atoms with Gasteiger partial charge in [0.05, 0.1) is 18.2 Å². The number of nitrogens with zero attached hydrogens (tertiary/aromatic N) is 4. The quantitative estimate of drug-likeness (QED) is 0.742. The van der Waals surface area contributed by atoms with Gasteiger partial charge >= 0.3 is 0 Å². The van der Waals surface area contributed by atoms with Crippen molar-refractivity contribution in [1.29, 1.82) is 0 Å². The van der Waals surface area contributed by atoms with Gasteiger partial charge in [0.15, 0.2) is 4.96 Å². The first-order valence-electron chi connectivity index (χ1n) is 5.78. The average Bonchev–Trinajstić information content (AvgIpc) is 3.03. The number of amides is 1. The van der Waals surface area contributed by atoms with E-state index in [9.17, 15) is 4.79 Å². The number of carbonyl (C=O) groups is 1. The highest BCUT2D eigenvalue weighted by atomic mass is 32.1. The second kappa shape index (κ2) is 4.81. The highest BCUT2D eigenvalue weighted by molar-refractivity contribution is 7.15. The predicted octanol–water partition coefficient (Wildman–Crippen LogP) is 0.934. The first-order chi connectivity index (χ1) is 9.22. The van der Waals surface area contributed by atoms with Crippen LogP contribution in [-0.4, -0.2) is 30.5 Å². The highest BCUT2D eigenvalue weighted by Gasteiger charge is 2.13. The monoisotopic (exact) mass is 276 g/mol. The minimum absolute atomic E-state index is 0.0883. The van der Waals surface area contributed by atoms with Crippen molar-refractivity contribution in [2.24, 2.45) is 0 Å². The molecule has 0 bridgehead atoms. The smallest absolute Gasteiger partial charge is 0.226 e. The molecule has 1 atom stereocenters. The summed E-state index contributed by atoms with van der Waals surface area (Å²) >= 11 is 1.54. The van der Waals surface area contributed by atoms with Gasteiger partial charge in [-0.15, -0.1) is 11.3 Å². The summed E-state index contributed by atoms with van der Waals surface area (Å²) in [5.74, 6) is 0.550. The second-order valence-electron chi connectivity index (χ2n) is 4.16. The molecule has 8 heteroatoms. The van der Waals surface area contributed by atoms with Crippen molar-refractivity contribution in [1.82, 2.24) is 29.9 Å². The Morgan fingerprint density at radius 2 is 2.53 bits per heavy atom. The molecular formula is C11H12N6OS. The maximum atomic E-state index is 11.9. The number of aromatic nitrogens is 5. The number of H-pyrrole nitrogens is 1. The van der Waals surface area contributed by atoms with Crippen molar-refractivity contribution >= 4 is 22.2 Å². The van der Waals surface area contributed by atoms with Crippen LogP contribution in [0.5, 0.6) is 0 Å². The molecule has 0 radical (unpaired) electrons. The van der Waals surface area contributed by atoms with Gasteiger partial charge < -0.3 is 5.32 Å². The summed E-state index contributed by atoms with van der Waals surface area (Å²) < 4.78 is 1.91. The molecule has 0 aromatic carbocycles. The molecule has 3 aromatic rings. The molecule has 0 saturated carbocycles. The molecule has 0 saturated heterocycles. The first-order valence-corrected chi connectivity index (χ1v) is 6.66. The van der Waals surface area contributed by atoms with Crippen LogP contribution in [0, 0.1) is 0 Å². The molecule has 98 valence electrons. The van der Waals surface area contributed by atoms with E-state index < -0.39 is 0 Å². The number of fused-ring (bicyclic) bond motifs is 1. The van der Waals surface area contributed by atoms with Gasteiger partial charge in [0, 0.05) is 17.8 Å². The second-order valence-corrected chi connectivity index (χ2v) is 5.03. The summed E-state index contributed by atoms with van der Waals surface area (Å²) in [6, 6.07) is -0.196. The van der Waals surface area contributed by atoms with Gasteiger partial charge in [0.2, 0.25) is 5.91 Å². The van der Waals surface area contributed by atoms with Crippen molar-refractivity contribution in [3.05, 3.63) is 35.6 Å². The van der Waals surface area contributed by atoms with E-state index in [4.69, 9.17) is 0 Å². The lowest BCUT2D eigenvalue weighted by atomic mass is 10.2.